The number of nitrogens with one attached hydrogen (secondary N) is 1. The lowest BCUT2D eigenvalue weighted by Gasteiger charge is -2.08. The van der Waals surface area contributed by atoms with Crippen LogP contribution in [0.1, 0.15) is 11.1 Å². The van der Waals surface area contributed by atoms with E-state index in [4.69, 9.17) is 11.6 Å². The maximum Gasteiger partial charge on any atom is 0.0412 e. The second kappa shape index (κ2) is 6.75. The van der Waals surface area contributed by atoms with Crippen molar-refractivity contribution >= 4 is 22.4 Å². The SMILES string of the molecule is Clc1ccc2cccc(CCNCc3ccccc3)c2c1. The van der Waals surface area contributed by atoms with Crippen LogP contribution >= 0.6 is 11.6 Å². The Balaban J connectivity index is 1.64. The maximum atomic E-state index is 6.12. The molecule has 0 saturated heterocycles. The van der Waals surface area contributed by atoms with E-state index in [9.17, 15) is 0 Å². The normalized spacial score (nSPS) is 10.9. The molecule has 0 fully saturated rings. The number of hydrogen-bond donors (Lipinski definition) is 1. The van der Waals surface area contributed by atoms with Gasteiger partial charge in [-0.3, -0.25) is 0 Å². The molecule has 0 spiro atoms. The molecule has 0 bridgehead atoms. The van der Waals surface area contributed by atoms with Gasteiger partial charge in [0.1, 0.15) is 0 Å². The van der Waals surface area contributed by atoms with Crippen LogP contribution in [0.2, 0.25) is 5.02 Å². The zero-order valence-electron chi connectivity index (χ0n) is 11.9. The van der Waals surface area contributed by atoms with Crippen LogP contribution in [0.3, 0.4) is 0 Å². The van der Waals surface area contributed by atoms with Gasteiger partial charge in [0.25, 0.3) is 0 Å². The molecule has 0 aliphatic rings. The van der Waals surface area contributed by atoms with Gasteiger partial charge in [-0.15, -0.1) is 0 Å². The van der Waals surface area contributed by atoms with Crippen LogP contribution in [-0.2, 0) is 13.0 Å². The van der Waals surface area contributed by atoms with Gasteiger partial charge in [-0.2, -0.15) is 0 Å². The lowest BCUT2D eigenvalue weighted by Crippen LogP contribution is -2.16. The third kappa shape index (κ3) is 3.63. The van der Waals surface area contributed by atoms with Crippen LogP contribution in [0, 0.1) is 0 Å². The van der Waals surface area contributed by atoms with E-state index >= 15 is 0 Å². The maximum absolute atomic E-state index is 6.12. The average Bonchev–Trinajstić information content (AvgIpc) is 2.53. The van der Waals surface area contributed by atoms with Crippen molar-refractivity contribution in [3.05, 3.63) is 82.9 Å². The van der Waals surface area contributed by atoms with Crippen molar-refractivity contribution in [2.45, 2.75) is 13.0 Å². The first-order chi connectivity index (χ1) is 10.3. The molecular formula is C19H18ClN. The molecule has 2 heteroatoms. The molecule has 0 unspecified atom stereocenters. The Hall–Kier alpha value is -1.83. The standard InChI is InChI=1S/C19H18ClN/c20-18-10-9-16-7-4-8-17(19(16)13-18)11-12-21-14-15-5-2-1-3-6-15/h1-10,13,21H,11-12,14H2. The Kier molecular flexibility index (Phi) is 4.54. The summed E-state index contributed by atoms with van der Waals surface area (Å²) in [7, 11) is 0. The number of rotatable bonds is 5. The lowest BCUT2D eigenvalue weighted by atomic mass is 10.0. The first kappa shape index (κ1) is 14.1. The number of hydrogen-bond acceptors (Lipinski definition) is 1. The summed E-state index contributed by atoms with van der Waals surface area (Å²) in [6.45, 7) is 1.87. The number of fused-ring (bicyclic) bond motifs is 1. The van der Waals surface area contributed by atoms with Crippen LogP contribution in [0.15, 0.2) is 66.7 Å². The smallest absolute Gasteiger partial charge is 0.0412 e. The zero-order valence-corrected chi connectivity index (χ0v) is 12.6. The van der Waals surface area contributed by atoms with Gasteiger partial charge >= 0.3 is 0 Å². The van der Waals surface area contributed by atoms with Gasteiger partial charge in [0.05, 0.1) is 0 Å². The van der Waals surface area contributed by atoms with E-state index in [0.717, 1.165) is 24.5 Å². The summed E-state index contributed by atoms with van der Waals surface area (Å²) in [6, 6.07) is 23.0. The van der Waals surface area contributed by atoms with Crippen molar-refractivity contribution in [2.24, 2.45) is 0 Å². The highest BCUT2D eigenvalue weighted by atomic mass is 35.5. The average molecular weight is 296 g/mol. The summed E-state index contributed by atoms with van der Waals surface area (Å²) >= 11 is 6.12. The Morgan fingerprint density at radius 2 is 1.71 bits per heavy atom. The Bertz CT molecular complexity index is 722. The fraction of sp³-hybridized carbons (Fsp3) is 0.158. The van der Waals surface area contributed by atoms with Crippen LogP contribution in [-0.4, -0.2) is 6.54 Å². The van der Waals surface area contributed by atoms with Crippen molar-refractivity contribution in [1.29, 1.82) is 0 Å². The Labute approximate surface area is 130 Å². The van der Waals surface area contributed by atoms with Gasteiger partial charge in [0.2, 0.25) is 0 Å². The molecule has 21 heavy (non-hydrogen) atoms. The van der Waals surface area contributed by atoms with Gasteiger partial charge in [-0.05, 0) is 47.0 Å². The third-order valence-corrected chi connectivity index (χ3v) is 3.91. The van der Waals surface area contributed by atoms with Crippen molar-refractivity contribution in [1.82, 2.24) is 5.32 Å². The number of halogens is 1. The second-order valence-electron chi connectivity index (χ2n) is 5.19. The van der Waals surface area contributed by atoms with E-state index in [-0.39, 0.29) is 0 Å². The third-order valence-electron chi connectivity index (χ3n) is 3.68. The second-order valence-corrected chi connectivity index (χ2v) is 5.63. The van der Waals surface area contributed by atoms with Gasteiger partial charge in [0.15, 0.2) is 0 Å². The summed E-state index contributed by atoms with van der Waals surface area (Å²) in [6.07, 6.45) is 1.00. The molecule has 0 aliphatic carbocycles. The van der Waals surface area contributed by atoms with E-state index in [1.54, 1.807) is 0 Å². The van der Waals surface area contributed by atoms with Gasteiger partial charge in [0, 0.05) is 11.6 Å². The van der Waals surface area contributed by atoms with E-state index in [0.29, 0.717) is 0 Å². The summed E-state index contributed by atoms with van der Waals surface area (Å²) in [5.74, 6) is 0. The number of benzene rings is 3. The minimum absolute atomic E-state index is 0.798. The first-order valence-corrected chi connectivity index (χ1v) is 7.62. The Morgan fingerprint density at radius 3 is 2.57 bits per heavy atom. The van der Waals surface area contributed by atoms with E-state index < -0.39 is 0 Å². The van der Waals surface area contributed by atoms with Crippen molar-refractivity contribution in [2.75, 3.05) is 6.54 Å². The highest BCUT2D eigenvalue weighted by molar-refractivity contribution is 6.31. The van der Waals surface area contributed by atoms with Crippen molar-refractivity contribution in [3.8, 4) is 0 Å². The zero-order chi connectivity index (χ0) is 14.5. The highest BCUT2D eigenvalue weighted by Gasteiger charge is 2.01. The molecule has 106 valence electrons. The van der Waals surface area contributed by atoms with Crippen LogP contribution in [0.4, 0.5) is 0 Å². The monoisotopic (exact) mass is 295 g/mol. The first-order valence-electron chi connectivity index (χ1n) is 7.25. The summed E-state index contributed by atoms with van der Waals surface area (Å²) in [4.78, 5) is 0. The van der Waals surface area contributed by atoms with Crippen LogP contribution < -0.4 is 5.32 Å². The quantitative estimate of drug-likeness (QED) is 0.665. The van der Waals surface area contributed by atoms with Gasteiger partial charge in [-0.1, -0.05) is 66.2 Å². The molecular weight excluding hydrogens is 278 g/mol. The molecule has 0 amide bonds. The van der Waals surface area contributed by atoms with E-state index in [1.807, 2.05) is 12.1 Å². The molecule has 0 atom stereocenters. The minimum atomic E-state index is 0.798. The molecule has 0 saturated carbocycles. The van der Waals surface area contributed by atoms with Gasteiger partial charge < -0.3 is 5.32 Å². The van der Waals surface area contributed by atoms with E-state index in [2.05, 4.69) is 59.9 Å². The predicted molar refractivity (Wildman–Crippen MR) is 90.8 cm³/mol. The fourth-order valence-electron chi connectivity index (χ4n) is 2.58. The molecule has 1 N–H and O–H groups in total. The van der Waals surface area contributed by atoms with E-state index in [1.165, 1.54) is 21.9 Å². The molecule has 0 heterocycles. The summed E-state index contributed by atoms with van der Waals surface area (Å²) < 4.78 is 0. The largest absolute Gasteiger partial charge is 0.312 e. The lowest BCUT2D eigenvalue weighted by molar-refractivity contribution is 0.688. The summed E-state index contributed by atoms with van der Waals surface area (Å²) in [5.41, 5.74) is 2.66. The predicted octanol–water partition coefficient (Wildman–Crippen LogP) is 4.83. The van der Waals surface area contributed by atoms with Crippen molar-refractivity contribution in [3.63, 3.8) is 0 Å². The van der Waals surface area contributed by atoms with Crippen LogP contribution in [0.25, 0.3) is 10.8 Å². The minimum Gasteiger partial charge on any atom is -0.312 e. The Morgan fingerprint density at radius 1 is 0.857 bits per heavy atom. The molecule has 0 aliphatic heterocycles. The molecule has 0 radical (unpaired) electrons. The fourth-order valence-corrected chi connectivity index (χ4v) is 2.75. The molecule has 3 aromatic carbocycles. The molecule has 3 rings (SSSR count). The van der Waals surface area contributed by atoms with Crippen molar-refractivity contribution < 1.29 is 0 Å². The van der Waals surface area contributed by atoms with Gasteiger partial charge in [-0.25, -0.2) is 0 Å². The highest BCUT2D eigenvalue weighted by Crippen LogP contribution is 2.23. The molecule has 3 aromatic rings. The van der Waals surface area contributed by atoms with Crippen LogP contribution in [0.5, 0.6) is 0 Å². The molecule has 1 nitrogen and oxygen atoms in total. The topological polar surface area (TPSA) is 12.0 Å². The summed E-state index contributed by atoms with van der Waals surface area (Å²) in [5, 5.41) is 6.80. The molecule has 0 aromatic heterocycles.